The molecule has 2 heterocycles. The minimum absolute atomic E-state index is 0.135. The van der Waals surface area contributed by atoms with Crippen molar-refractivity contribution in [3.63, 3.8) is 0 Å². The number of carbonyl (C=O) groups excluding carboxylic acids is 1. The lowest BCUT2D eigenvalue weighted by molar-refractivity contribution is 0.0965. The molecule has 0 atom stereocenters. The van der Waals surface area contributed by atoms with Crippen LogP contribution in [0.4, 0.5) is 5.69 Å². The van der Waals surface area contributed by atoms with Gasteiger partial charge in [0.05, 0.1) is 5.69 Å². The molecule has 3 rings (SSSR count). The topological polar surface area (TPSA) is 96.3 Å². The molecule has 0 saturated carbocycles. The third-order valence-corrected chi connectivity index (χ3v) is 5.45. The molecule has 2 N–H and O–H groups in total. The van der Waals surface area contributed by atoms with Gasteiger partial charge in [0, 0.05) is 50.7 Å². The van der Waals surface area contributed by atoms with Crippen LogP contribution in [0.3, 0.4) is 0 Å². The van der Waals surface area contributed by atoms with E-state index in [9.17, 15) is 13.2 Å². The van der Waals surface area contributed by atoms with Crippen molar-refractivity contribution in [3.05, 3.63) is 35.8 Å². The maximum absolute atomic E-state index is 12.2. The lowest BCUT2D eigenvalue weighted by Gasteiger charge is -2.12. The number of imidazole rings is 1. The molecule has 0 fully saturated rings. The van der Waals surface area contributed by atoms with Crippen LogP contribution < -0.4 is 10.6 Å². The number of anilines is 1. The lowest BCUT2D eigenvalue weighted by Crippen LogP contribution is -2.27. The first-order valence-corrected chi connectivity index (χ1v) is 8.35. The number of nitrogens with one attached hydrogen (secondary N) is 2. The third-order valence-electron chi connectivity index (χ3n) is 3.80. The molecule has 122 valence electrons. The SMILES string of the molecule is CNc1ccc2c(c1-c1cn(S(=O)(=O)N(C)C)cn1)CNC2=O. The highest BCUT2D eigenvalue weighted by atomic mass is 32.2. The van der Waals surface area contributed by atoms with E-state index in [4.69, 9.17) is 0 Å². The van der Waals surface area contributed by atoms with Crippen LogP contribution in [0.5, 0.6) is 0 Å². The molecule has 8 nitrogen and oxygen atoms in total. The third kappa shape index (κ3) is 2.37. The fraction of sp³-hybridized carbons (Fsp3) is 0.286. The molecule has 0 saturated heterocycles. The molecule has 1 aliphatic heterocycles. The molecule has 0 aliphatic carbocycles. The first-order valence-electron chi connectivity index (χ1n) is 6.95. The Morgan fingerprint density at radius 1 is 1.35 bits per heavy atom. The minimum Gasteiger partial charge on any atom is -0.388 e. The van der Waals surface area contributed by atoms with Gasteiger partial charge in [-0.3, -0.25) is 4.79 Å². The summed E-state index contributed by atoms with van der Waals surface area (Å²) in [6.07, 6.45) is 2.71. The van der Waals surface area contributed by atoms with E-state index in [1.165, 1.54) is 26.6 Å². The monoisotopic (exact) mass is 335 g/mol. The molecule has 9 heteroatoms. The lowest BCUT2D eigenvalue weighted by atomic mass is 9.99. The van der Waals surface area contributed by atoms with E-state index in [0.717, 1.165) is 25.1 Å². The van der Waals surface area contributed by atoms with Crippen molar-refractivity contribution in [2.45, 2.75) is 6.54 Å². The molecule has 0 spiro atoms. The Labute approximate surface area is 134 Å². The van der Waals surface area contributed by atoms with E-state index < -0.39 is 10.2 Å². The van der Waals surface area contributed by atoms with Gasteiger partial charge in [0.25, 0.3) is 5.91 Å². The summed E-state index contributed by atoms with van der Waals surface area (Å²) in [6, 6.07) is 3.54. The maximum atomic E-state index is 12.2. The Morgan fingerprint density at radius 3 is 2.74 bits per heavy atom. The summed E-state index contributed by atoms with van der Waals surface area (Å²) < 4.78 is 26.5. The Kier molecular flexibility index (Phi) is 3.61. The molecule has 2 aromatic rings. The largest absolute Gasteiger partial charge is 0.388 e. The number of hydrogen-bond donors (Lipinski definition) is 2. The molecule has 1 aromatic carbocycles. The van der Waals surface area contributed by atoms with Gasteiger partial charge in [-0.25, -0.2) is 8.96 Å². The predicted molar refractivity (Wildman–Crippen MR) is 86.4 cm³/mol. The van der Waals surface area contributed by atoms with Gasteiger partial charge in [-0.2, -0.15) is 12.7 Å². The fourth-order valence-electron chi connectivity index (χ4n) is 2.56. The van der Waals surface area contributed by atoms with Crippen molar-refractivity contribution in [3.8, 4) is 11.3 Å². The van der Waals surface area contributed by atoms with Crippen molar-refractivity contribution in [1.29, 1.82) is 0 Å². The van der Waals surface area contributed by atoms with Crippen LogP contribution in [0.2, 0.25) is 0 Å². The second-order valence-corrected chi connectivity index (χ2v) is 7.37. The van der Waals surface area contributed by atoms with Crippen LogP contribution in [-0.4, -0.2) is 48.7 Å². The second kappa shape index (κ2) is 5.36. The number of fused-ring (bicyclic) bond motifs is 1. The van der Waals surface area contributed by atoms with Crippen molar-refractivity contribution < 1.29 is 13.2 Å². The molecule has 0 bridgehead atoms. The number of hydrogen-bond acceptors (Lipinski definition) is 5. The Bertz CT molecular complexity index is 886. The normalized spacial score (nSPS) is 14.0. The number of aromatic nitrogens is 2. The average molecular weight is 335 g/mol. The van der Waals surface area contributed by atoms with Gasteiger partial charge in [0.15, 0.2) is 0 Å². The van der Waals surface area contributed by atoms with Gasteiger partial charge in [-0.15, -0.1) is 0 Å². The molecular weight excluding hydrogens is 318 g/mol. The molecule has 0 radical (unpaired) electrons. The summed E-state index contributed by atoms with van der Waals surface area (Å²) in [5, 5.41) is 5.84. The Morgan fingerprint density at radius 2 is 2.09 bits per heavy atom. The van der Waals surface area contributed by atoms with Crippen LogP contribution in [0.1, 0.15) is 15.9 Å². The number of benzene rings is 1. The summed E-state index contributed by atoms with van der Waals surface area (Å²) in [6.45, 7) is 0.395. The van der Waals surface area contributed by atoms with Crippen LogP contribution in [-0.2, 0) is 16.8 Å². The number of amides is 1. The maximum Gasteiger partial charge on any atom is 0.308 e. The van der Waals surface area contributed by atoms with E-state index in [1.54, 1.807) is 19.2 Å². The number of nitrogens with zero attached hydrogens (tertiary/aromatic N) is 3. The average Bonchev–Trinajstić information content (AvgIpc) is 3.14. The molecule has 23 heavy (non-hydrogen) atoms. The zero-order valence-electron chi connectivity index (χ0n) is 13.0. The first kappa shape index (κ1) is 15.5. The second-order valence-electron chi connectivity index (χ2n) is 5.33. The van der Waals surface area contributed by atoms with Gasteiger partial charge in [-0.05, 0) is 17.7 Å². The standard InChI is InChI=1S/C14H17N5O3S/c1-15-11-5-4-9-10(6-16-14(9)20)13(11)12-7-19(8-17-12)23(21,22)18(2)3/h4-5,7-8,15H,6H2,1-3H3,(H,16,20). The van der Waals surface area contributed by atoms with Gasteiger partial charge in [0.2, 0.25) is 0 Å². The molecule has 0 unspecified atom stereocenters. The highest BCUT2D eigenvalue weighted by Gasteiger charge is 2.26. The summed E-state index contributed by atoms with van der Waals surface area (Å²) >= 11 is 0. The molecular formula is C14H17N5O3S. The van der Waals surface area contributed by atoms with Crippen molar-refractivity contribution in [2.75, 3.05) is 26.5 Å². The zero-order chi connectivity index (χ0) is 16.8. The van der Waals surface area contributed by atoms with E-state index in [0.29, 0.717) is 17.8 Å². The molecule has 1 aromatic heterocycles. The first-order chi connectivity index (χ1) is 10.9. The molecule has 1 amide bonds. The predicted octanol–water partition coefficient (Wildman–Crippen LogP) is 0.490. The summed E-state index contributed by atoms with van der Waals surface area (Å²) in [7, 11) is 1.05. The Hall–Kier alpha value is -2.39. The summed E-state index contributed by atoms with van der Waals surface area (Å²) in [4.78, 5) is 16.1. The summed E-state index contributed by atoms with van der Waals surface area (Å²) in [5.41, 5.74) is 3.41. The van der Waals surface area contributed by atoms with Crippen LogP contribution in [0.25, 0.3) is 11.3 Å². The van der Waals surface area contributed by atoms with Crippen LogP contribution in [0, 0.1) is 0 Å². The smallest absolute Gasteiger partial charge is 0.308 e. The van der Waals surface area contributed by atoms with Gasteiger partial charge in [-0.1, -0.05) is 0 Å². The highest BCUT2D eigenvalue weighted by molar-refractivity contribution is 7.87. The summed E-state index contributed by atoms with van der Waals surface area (Å²) in [5.74, 6) is -0.135. The van der Waals surface area contributed by atoms with E-state index in [-0.39, 0.29) is 5.91 Å². The van der Waals surface area contributed by atoms with E-state index in [1.807, 2.05) is 0 Å². The Balaban J connectivity index is 2.17. The van der Waals surface area contributed by atoms with Gasteiger partial charge >= 0.3 is 10.2 Å². The van der Waals surface area contributed by atoms with Crippen LogP contribution >= 0.6 is 0 Å². The van der Waals surface area contributed by atoms with E-state index >= 15 is 0 Å². The van der Waals surface area contributed by atoms with E-state index in [2.05, 4.69) is 15.6 Å². The van der Waals surface area contributed by atoms with Crippen molar-refractivity contribution in [1.82, 2.24) is 18.6 Å². The van der Waals surface area contributed by atoms with Crippen LogP contribution in [0.15, 0.2) is 24.7 Å². The highest BCUT2D eigenvalue weighted by Crippen LogP contribution is 2.35. The number of carbonyl (C=O) groups is 1. The van der Waals surface area contributed by atoms with Crippen molar-refractivity contribution >= 4 is 21.8 Å². The fourth-order valence-corrected chi connectivity index (χ4v) is 3.34. The van der Waals surface area contributed by atoms with Gasteiger partial charge < -0.3 is 10.6 Å². The quantitative estimate of drug-likeness (QED) is 0.848. The minimum atomic E-state index is -3.62. The number of rotatable bonds is 4. The molecule has 1 aliphatic rings. The zero-order valence-corrected chi connectivity index (χ0v) is 13.8. The van der Waals surface area contributed by atoms with Crippen molar-refractivity contribution in [2.24, 2.45) is 0 Å². The van der Waals surface area contributed by atoms with Gasteiger partial charge in [0.1, 0.15) is 6.33 Å².